The van der Waals surface area contributed by atoms with Gasteiger partial charge >= 0.3 is 0 Å². The lowest BCUT2D eigenvalue weighted by Crippen LogP contribution is -2.48. The molecule has 7 nitrogen and oxygen atoms in total. The monoisotopic (exact) mass is 311 g/mol. The zero-order valence-corrected chi connectivity index (χ0v) is 13.0. The molecule has 1 amide bonds. The van der Waals surface area contributed by atoms with Gasteiger partial charge in [0.25, 0.3) is 0 Å². The molecule has 1 fully saturated rings. The van der Waals surface area contributed by atoms with Gasteiger partial charge in [-0.15, -0.1) is 0 Å². The highest BCUT2D eigenvalue weighted by atomic mass is 19.1. The Morgan fingerprint density at radius 3 is 3.05 bits per heavy atom. The molecule has 0 spiro atoms. The van der Waals surface area contributed by atoms with Gasteiger partial charge in [0, 0.05) is 19.6 Å². The van der Waals surface area contributed by atoms with Crippen LogP contribution in [0.25, 0.3) is 0 Å². The van der Waals surface area contributed by atoms with E-state index in [1.54, 1.807) is 11.9 Å². The Kier molecular flexibility index (Phi) is 5.62. The van der Waals surface area contributed by atoms with Crippen LogP contribution in [0.15, 0.2) is 6.33 Å². The Balaban J connectivity index is 2.03. The smallest absolute Gasteiger partial charge is 0.231 e. The van der Waals surface area contributed by atoms with E-state index in [0.717, 1.165) is 0 Å². The number of carbonyl (C=O) groups excluding carboxylic acids is 1. The number of aryl methyl sites for hydroxylation is 1. The average molecular weight is 311 g/mol. The first-order valence-corrected chi connectivity index (χ1v) is 7.34. The molecule has 0 aromatic carbocycles. The lowest BCUT2D eigenvalue weighted by Gasteiger charge is -2.35. The van der Waals surface area contributed by atoms with Crippen LogP contribution in [0, 0.1) is 5.82 Å². The van der Waals surface area contributed by atoms with E-state index in [4.69, 9.17) is 10.5 Å². The van der Waals surface area contributed by atoms with Gasteiger partial charge in [0.2, 0.25) is 5.91 Å². The molecule has 2 N–H and O–H groups in total. The number of primary amides is 1. The number of rotatable bonds is 6. The first-order valence-electron chi connectivity index (χ1n) is 7.34. The second-order valence-electron chi connectivity index (χ2n) is 5.41. The Labute approximate surface area is 129 Å². The van der Waals surface area contributed by atoms with Crippen molar-refractivity contribution in [1.29, 1.82) is 0 Å². The van der Waals surface area contributed by atoms with Crippen molar-refractivity contribution in [2.45, 2.75) is 19.4 Å². The van der Waals surface area contributed by atoms with Gasteiger partial charge in [-0.25, -0.2) is 14.4 Å². The van der Waals surface area contributed by atoms with Crippen LogP contribution < -0.4 is 10.6 Å². The third-order valence-electron chi connectivity index (χ3n) is 3.56. The van der Waals surface area contributed by atoms with Gasteiger partial charge in [0.15, 0.2) is 11.6 Å². The SMILES string of the molecule is CCc1ncnc(N2CCOC(CN(C)CC(N)=O)C2)c1F. The van der Waals surface area contributed by atoms with Crippen molar-refractivity contribution in [1.82, 2.24) is 14.9 Å². The number of carbonyl (C=O) groups is 1. The fourth-order valence-electron chi connectivity index (χ4n) is 2.56. The number of hydrogen-bond acceptors (Lipinski definition) is 6. The minimum Gasteiger partial charge on any atom is -0.373 e. The zero-order valence-electron chi connectivity index (χ0n) is 13.0. The highest BCUT2D eigenvalue weighted by Crippen LogP contribution is 2.20. The lowest BCUT2D eigenvalue weighted by atomic mass is 10.2. The van der Waals surface area contributed by atoms with Crippen LogP contribution in [0.1, 0.15) is 12.6 Å². The third-order valence-corrected chi connectivity index (χ3v) is 3.56. The fraction of sp³-hybridized carbons (Fsp3) is 0.643. The molecule has 122 valence electrons. The van der Waals surface area contributed by atoms with Gasteiger partial charge in [-0.1, -0.05) is 6.92 Å². The highest BCUT2D eigenvalue weighted by molar-refractivity contribution is 5.75. The Morgan fingerprint density at radius 1 is 1.59 bits per heavy atom. The summed E-state index contributed by atoms with van der Waals surface area (Å²) in [4.78, 5) is 22.6. The molecule has 1 aromatic heterocycles. The molecule has 22 heavy (non-hydrogen) atoms. The number of morpholine rings is 1. The molecule has 1 saturated heterocycles. The molecular weight excluding hydrogens is 289 g/mol. The van der Waals surface area contributed by atoms with E-state index >= 15 is 0 Å². The van der Waals surface area contributed by atoms with E-state index in [2.05, 4.69) is 9.97 Å². The van der Waals surface area contributed by atoms with Gasteiger partial charge in [-0.05, 0) is 13.5 Å². The number of likely N-dealkylation sites (N-methyl/N-ethyl adjacent to an activating group) is 1. The van der Waals surface area contributed by atoms with E-state index < -0.39 is 0 Å². The number of ether oxygens (including phenoxy) is 1. The summed E-state index contributed by atoms with van der Waals surface area (Å²) in [5.74, 6) is -0.432. The van der Waals surface area contributed by atoms with Gasteiger partial charge < -0.3 is 15.4 Å². The number of nitrogens with zero attached hydrogens (tertiary/aromatic N) is 4. The minimum atomic E-state index is -0.385. The molecule has 1 unspecified atom stereocenters. The summed E-state index contributed by atoms with van der Waals surface area (Å²) in [6.45, 7) is 4.15. The summed E-state index contributed by atoms with van der Waals surface area (Å²) >= 11 is 0. The summed E-state index contributed by atoms with van der Waals surface area (Å²) in [6, 6.07) is 0. The van der Waals surface area contributed by atoms with Crippen molar-refractivity contribution in [3.63, 3.8) is 0 Å². The van der Waals surface area contributed by atoms with Crippen LogP contribution in [-0.4, -0.2) is 66.7 Å². The van der Waals surface area contributed by atoms with Crippen molar-refractivity contribution in [2.24, 2.45) is 5.73 Å². The lowest BCUT2D eigenvalue weighted by molar-refractivity contribution is -0.119. The quantitative estimate of drug-likeness (QED) is 0.783. The van der Waals surface area contributed by atoms with E-state index in [1.807, 2.05) is 11.8 Å². The minimum absolute atomic E-state index is 0.127. The Hall–Kier alpha value is -1.80. The molecule has 1 aliphatic rings. The molecule has 2 rings (SSSR count). The topological polar surface area (TPSA) is 84.6 Å². The van der Waals surface area contributed by atoms with Crippen molar-refractivity contribution in [2.75, 3.05) is 44.7 Å². The van der Waals surface area contributed by atoms with Gasteiger partial charge in [-0.2, -0.15) is 0 Å². The molecule has 2 heterocycles. The Bertz CT molecular complexity index is 528. The maximum Gasteiger partial charge on any atom is 0.231 e. The zero-order chi connectivity index (χ0) is 16.1. The second kappa shape index (κ2) is 7.46. The molecular formula is C14H22FN5O2. The molecule has 0 aliphatic carbocycles. The van der Waals surface area contributed by atoms with E-state index in [1.165, 1.54) is 6.33 Å². The summed E-state index contributed by atoms with van der Waals surface area (Å²) in [7, 11) is 1.80. The molecule has 0 saturated carbocycles. The van der Waals surface area contributed by atoms with Crippen molar-refractivity contribution >= 4 is 11.7 Å². The molecule has 1 aromatic rings. The van der Waals surface area contributed by atoms with Crippen LogP contribution >= 0.6 is 0 Å². The molecule has 1 aliphatic heterocycles. The highest BCUT2D eigenvalue weighted by Gasteiger charge is 2.25. The van der Waals surface area contributed by atoms with Crippen LogP contribution in [0.3, 0.4) is 0 Å². The van der Waals surface area contributed by atoms with Crippen LogP contribution in [0.2, 0.25) is 0 Å². The van der Waals surface area contributed by atoms with Crippen LogP contribution in [0.4, 0.5) is 10.2 Å². The van der Waals surface area contributed by atoms with Crippen LogP contribution in [0.5, 0.6) is 0 Å². The number of nitrogens with two attached hydrogens (primary N) is 1. The predicted molar refractivity (Wildman–Crippen MR) is 80.0 cm³/mol. The maximum absolute atomic E-state index is 14.3. The van der Waals surface area contributed by atoms with Gasteiger partial charge in [-0.3, -0.25) is 9.69 Å². The average Bonchev–Trinajstić information content (AvgIpc) is 2.46. The molecule has 0 bridgehead atoms. The number of anilines is 1. The van der Waals surface area contributed by atoms with Crippen molar-refractivity contribution in [3.8, 4) is 0 Å². The van der Waals surface area contributed by atoms with E-state index in [0.29, 0.717) is 44.2 Å². The maximum atomic E-state index is 14.3. The standard InChI is InChI=1S/C14H22FN5O2/c1-3-11-13(15)14(18-9-17-11)20-4-5-22-10(7-20)6-19(2)8-12(16)21/h9-10H,3-8H2,1-2H3,(H2,16,21). The fourth-order valence-corrected chi connectivity index (χ4v) is 2.56. The van der Waals surface area contributed by atoms with E-state index in [9.17, 15) is 9.18 Å². The largest absolute Gasteiger partial charge is 0.373 e. The Morgan fingerprint density at radius 2 is 2.36 bits per heavy atom. The summed E-state index contributed by atoms with van der Waals surface area (Å²) < 4.78 is 20.0. The number of amides is 1. The van der Waals surface area contributed by atoms with Crippen molar-refractivity contribution in [3.05, 3.63) is 17.8 Å². The molecule has 1 atom stereocenters. The number of halogens is 1. The predicted octanol–water partition coefficient (Wildman–Crippen LogP) is -0.200. The first-order chi connectivity index (χ1) is 10.5. The molecule has 8 heteroatoms. The van der Waals surface area contributed by atoms with Crippen molar-refractivity contribution < 1.29 is 13.9 Å². The van der Waals surface area contributed by atoms with Crippen LogP contribution in [-0.2, 0) is 16.0 Å². The summed E-state index contributed by atoms with van der Waals surface area (Å²) in [5, 5.41) is 0. The number of aromatic nitrogens is 2. The first kappa shape index (κ1) is 16.6. The van der Waals surface area contributed by atoms with Gasteiger partial charge in [0.1, 0.15) is 6.33 Å². The third kappa shape index (κ3) is 4.11. The summed E-state index contributed by atoms with van der Waals surface area (Å²) in [6.07, 6.45) is 1.79. The number of hydrogen-bond donors (Lipinski definition) is 1. The second-order valence-corrected chi connectivity index (χ2v) is 5.41. The normalized spacial score (nSPS) is 18.7. The summed E-state index contributed by atoms with van der Waals surface area (Å²) in [5.41, 5.74) is 5.59. The van der Waals surface area contributed by atoms with E-state index in [-0.39, 0.29) is 24.4 Å². The van der Waals surface area contributed by atoms with Gasteiger partial charge in [0.05, 0.1) is 24.9 Å². The molecule has 0 radical (unpaired) electrons.